The van der Waals surface area contributed by atoms with Crippen LogP contribution in [0.1, 0.15) is 67.2 Å². The minimum atomic E-state index is -1.77. The number of Topliss-reactive ketones (excluding diaryl/α,β-unsaturated/α-hetero) is 1. The molecule has 2 aliphatic heterocycles. The first-order valence-electron chi connectivity index (χ1n) is 9.62. The van der Waals surface area contributed by atoms with E-state index in [0.717, 1.165) is 25.9 Å². The maximum absolute atomic E-state index is 15.0. The number of nitrogens with zero attached hydrogens (tertiary/aromatic N) is 2. The number of halogens is 1. The van der Waals surface area contributed by atoms with E-state index < -0.39 is 11.1 Å². The normalized spacial score (nSPS) is 23.6. The average Bonchev–Trinajstić information content (AvgIpc) is 2.52. The maximum atomic E-state index is 15.0. The van der Waals surface area contributed by atoms with Crippen LogP contribution in [0.5, 0.6) is 0 Å². The van der Waals surface area contributed by atoms with Crippen LogP contribution in [0.4, 0.5) is 4.39 Å². The zero-order valence-corrected chi connectivity index (χ0v) is 16.8. The van der Waals surface area contributed by atoms with Gasteiger partial charge in [0.05, 0.1) is 0 Å². The van der Waals surface area contributed by atoms with Gasteiger partial charge in [-0.25, -0.2) is 4.39 Å². The Labute approximate surface area is 152 Å². The second kappa shape index (κ2) is 6.98. The lowest BCUT2D eigenvalue weighted by Gasteiger charge is -2.43. The second-order valence-electron chi connectivity index (χ2n) is 9.80. The van der Waals surface area contributed by atoms with Crippen LogP contribution in [0, 0.1) is 11.3 Å². The van der Waals surface area contributed by atoms with Gasteiger partial charge >= 0.3 is 0 Å². The lowest BCUT2D eigenvalue weighted by atomic mass is 9.76. The largest absolute Gasteiger partial charge is 0.342 e. The minimum Gasteiger partial charge on any atom is -0.342 e. The van der Waals surface area contributed by atoms with Crippen molar-refractivity contribution in [1.29, 1.82) is 0 Å². The van der Waals surface area contributed by atoms with Gasteiger partial charge in [0.2, 0.25) is 5.91 Å². The molecule has 5 heteroatoms. The molecule has 2 aliphatic rings. The van der Waals surface area contributed by atoms with E-state index in [4.69, 9.17) is 0 Å². The molecule has 0 spiro atoms. The number of rotatable bonds is 2. The van der Waals surface area contributed by atoms with Crippen LogP contribution < -0.4 is 0 Å². The highest BCUT2D eigenvalue weighted by Gasteiger charge is 2.47. The Morgan fingerprint density at radius 3 is 1.80 bits per heavy atom. The summed E-state index contributed by atoms with van der Waals surface area (Å²) < 4.78 is 15.0. The molecule has 0 N–H and O–H groups in total. The molecule has 0 bridgehead atoms. The molecule has 0 aliphatic carbocycles. The summed E-state index contributed by atoms with van der Waals surface area (Å²) in [6.45, 7) is 14.5. The fourth-order valence-corrected chi connectivity index (χ4v) is 4.04. The first-order chi connectivity index (χ1) is 11.3. The van der Waals surface area contributed by atoms with Gasteiger partial charge in [0.1, 0.15) is 0 Å². The molecule has 0 radical (unpaired) electrons. The number of carbonyl (C=O) groups is 2. The molecule has 2 rings (SSSR count). The molecule has 0 saturated carbocycles. The van der Waals surface area contributed by atoms with Crippen molar-refractivity contribution < 1.29 is 14.0 Å². The number of hydrogen-bond donors (Lipinski definition) is 0. The minimum absolute atomic E-state index is 0.0454. The number of alkyl halides is 1. The van der Waals surface area contributed by atoms with E-state index in [9.17, 15) is 9.59 Å². The van der Waals surface area contributed by atoms with Crippen molar-refractivity contribution in [2.24, 2.45) is 11.3 Å². The van der Waals surface area contributed by atoms with Crippen molar-refractivity contribution in [2.45, 2.75) is 78.4 Å². The van der Waals surface area contributed by atoms with Gasteiger partial charge in [-0.1, -0.05) is 20.8 Å². The SMILES string of the molecule is CC(C)(C)C(=O)C1(F)CCN(C(=O)C2CCN(C(C)(C)C)CC2)CC1. The summed E-state index contributed by atoms with van der Waals surface area (Å²) in [5.41, 5.74) is -2.31. The van der Waals surface area contributed by atoms with Crippen molar-refractivity contribution >= 4 is 11.7 Å². The molecule has 0 unspecified atom stereocenters. The summed E-state index contributed by atoms with van der Waals surface area (Å²) in [7, 11) is 0. The van der Waals surface area contributed by atoms with Gasteiger partial charge in [-0.15, -0.1) is 0 Å². The Balaban J connectivity index is 1.89. The molecule has 0 aromatic rings. The van der Waals surface area contributed by atoms with Gasteiger partial charge in [-0.3, -0.25) is 14.5 Å². The van der Waals surface area contributed by atoms with Crippen LogP contribution in [0.2, 0.25) is 0 Å². The van der Waals surface area contributed by atoms with Gasteiger partial charge in [0.15, 0.2) is 11.5 Å². The van der Waals surface area contributed by atoms with Crippen LogP contribution >= 0.6 is 0 Å². The van der Waals surface area contributed by atoms with E-state index in [1.54, 1.807) is 25.7 Å². The fourth-order valence-electron chi connectivity index (χ4n) is 4.04. The third kappa shape index (κ3) is 4.60. The van der Waals surface area contributed by atoms with Crippen LogP contribution in [0.15, 0.2) is 0 Å². The first kappa shape index (κ1) is 20.3. The summed E-state index contributed by atoms with van der Waals surface area (Å²) in [6, 6.07) is 0. The van der Waals surface area contributed by atoms with Crippen LogP contribution in [0.25, 0.3) is 0 Å². The molecule has 144 valence electrons. The van der Waals surface area contributed by atoms with E-state index in [-0.39, 0.29) is 36.0 Å². The molecule has 0 atom stereocenters. The molecule has 1 amide bonds. The fraction of sp³-hybridized carbons (Fsp3) is 0.900. The smallest absolute Gasteiger partial charge is 0.225 e. The zero-order valence-electron chi connectivity index (χ0n) is 16.8. The van der Waals surface area contributed by atoms with Crippen molar-refractivity contribution in [3.63, 3.8) is 0 Å². The van der Waals surface area contributed by atoms with E-state index >= 15 is 4.39 Å². The molecule has 2 fully saturated rings. The van der Waals surface area contributed by atoms with Crippen LogP contribution in [-0.2, 0) is 9.59 Å². The van der Waals surface area contributed by atoms with Crippen molar-refractivity contribution in [1.82, 2.24) is 9.80 Å². The molecule has 2 heterocycles. The van der Waals surface area contributed by atoms with E-state index in [1.807, 2.05) is 0 Å². The quantitative estimate of drug-likeness (QED) is 0.763. The highest BCUT2D eigenvalue weighted by atomic mass is 19.1. The summed E-state index contributed by atoms with van der Waals surface area (Å²) in [5, 5.41) is 0. The highest BCUT2D eigenvalue weighted by Crippen LogP contribution is 2.35. The summed E-state index contributed by atoms with van der Waals surface area (Å²) in [6.07, 6.45) is 2.01. The number of hydrogen-bond acceptors (Lipinski definition) is 3. The average molecular weight is 355 g/mol. The van der Waals surface area contributed by atoms with E-state index in [2.05, 4.69) is 25.7 Å². The Kier molecular flexibility index (Phi) is 5.68. The molecule has 0 aromatic heterocycles. The number of likely N-dealkylation sites (tertiary alicyclic amines) is 2. The van der Waals surface area contributed by atoms with Gasteiger partial charge in [-0.05, 0) is 46.7 Å². The monoisotopic (exact) mass is 354 g/mol. The number of carbonyl (C=O) groups excluding carboxylic acids is 2. The molecule has 25 heavy (non-hydrogen) atoms. The molecule has 0 aromatic carbocycles. The third-order valence-corrected chi connectivity index (χ3v) is 5.75. The summed E-state index contributed by atoms with van der Waals surface area (Å²) >= 11 is 0. The predicted octanol–water partition coefficient (Wildman–Crippen LogP) is 3.44. The Hall–Kier alpha value is -0.970. The first-order valence-corrected chi connectivity index (χ1v) is 9.62. The lowest BCUT2D eigenvalue weighted by molar-refractivity contribution is -0.148. The van der Waals surface area contributed by atoms with Crippen molar-refractivity contribution in [3.05, 3.63) is 0 Å². The number of piperidine rings is 2. The summed E-state index contributed by atoms with van der Waals surface area (Å²) in [5.74, 6) is -0.131. The molecular formula is C20H35FN2O2. The Morgan fingerprint density at radius 2 is 1.40 bits per heavy atom. The Bertz CT molecular complexity index is 503. The lowest BCUT2D eigenvalue weighted by Crippen LogP contribution is -2.54. The third-order valence-electron chi connectivity index (χ3n) is 5.75. The topological polar surface area (TPSA) is 40.6 Å². The number of ketones is 1. The highest BCUT2D eigenvalue weighted by molar-refractivity contribution is 5.92. The standard InChI is InChI=1S/C20H35FN2O2/c1-18(2,3)17(25)20(21)9-13-22(14-10-20)16(24)15-7-11-23(12-8-15)19(4,5)6/h15H,7-14H2,1-6H3. The second-order valence-corrected chi connectivity index (χ2v) is 9.80. The zero-order chi connectivity index (χ0) is 19.0. The van der Waals surface area contributed by atoms with E-state index in [1.165, 1.54) is 0 Å². The molecule has 4 nitrogen and oxygen atoms in total. The molecule has 2 saturated heterocycles. The maximum Gasteiger partial charge on any atom is 0.225 e. The van der Waals surface area contributed by atoms with Gasteiger partial charge < -0.3 is 4.90 Å². The van der Waals surface area contributed by atoms with Crippen molar-refractivity contribution in [2.75, 3.05) is 26.2 Å². The van der Waals surface area contributed by atoms with Crippen molar-refractivity contribution in [3.8, 4) is 0 Å². The van der Waals surface area contributed by atoms with E-state index in [0.29, 0.717) is 13.1 Å². The van der Waals surface area contributed by atoms with Crippen LogP contribution in [-0.4, -0.2) is 58.9 Å². The summed E-state index contributed by atoms with van der Waals surface area (Å²) in [4.78, 5) is 29.4. The van der Waals surface area contributed by atoms with Gasteiger partial charge in [0.25, 0.3) is 0 Å². The van der Waals surface area contributed by atoms with Gasteiger partial charge in [-0.2, -0.15) is 0 Å². The Morgan fingerprint density at radius 1 is 0.920 bits per heavy atom. The number of amides is 1. The predicted molar refractivity (Wildman–Crippen MR) is 98.2 cm³/mol. The van der Waals surface area contributed by atoms with Crippen LogP contribution in [0.3, 0.4) is 0 Å². The van der Waals surface area contributed by atoms with Gasteiger partial charge in [0, 0.05) is 42.8 Å². The molecular weight excluding hydrogens is 319 g/mol.